The number of rotatable bonds is 5. The summed E-state index contributed by atoms with van der Waals surface area (Å²) < 4.78 is 14.7. The lowest BCUT2D eigenvalue weighted by atomic mass is 10.2. The number of hydrogen-bond donors (Lipinski definition) is 1. The molecule has 0 saturated carbocycles. The minimum absolute atomic E-state index is 0.316. The molecule has 1 aliphatic heterocycles. The average molecular weight is 418 g/mol. The number of H-pyrrole nitrogens is 1. The number of aryl methyl sites for hydroxylation is 1. The van der Waals surface area contributed by atoms with Gasteiger partial charge in [0.2, 0.25) is 0 Å². The van der Waals surface area contributed by atoms with Crippen molar-refractivity contribution in [2.45, 2.75) is 26.4 Å². The van der Waals surface area contributed by atoms with E-state index in [4.69, 9.17) is 14.5 Å². The summed E-state index contributed by atoms with van der Waals surface area (Å²) in [6, 6.07) is 15.2. The van der Waals surface area contributed by atoms with Crippen LogP contribution in [0.25, 0.3) is 22.6 Å². The summed E-state index contributed by atoms with van der Waals surface area (Å²) in [4.78, 5) is 32.7. The third kappa shape index (κ3) is 3.39. The number of aromatic nitrogens is 4. The number of imidazole rings is 1. The molecule has 158 valence electrons. The van der Waals surface area contributed by atoms with Crippen LogP contribution in [-0.2, 0) is 13.1 Å². The van der Waals surface area contributed by atoms with Crippen LogP contribution >= 0.6 is 0 Å². The van der Waals surface area contributed by atoms with Crippen molar-refractivity contribution in [3.63, 3.8) is 0 Å². The fraction of sp³-hybridized carbons (Fsp3) is 0.261. The first-order valence-corrected chi connectivity index (χ1v) is 10.3. The molecule has 8 heteroatoms. The lowest BCUT2D eigenvalue weighted by molar-refractivity contribution is 0.171. The van der Waals surface area contributed by atoms with Gasteiger partial charge in [-0.15, -0.1) is 0 Å². The first-order valence-electron chi connectivity index (χ1n) is 10.3. The molecule has 0 radical (unpaired) electrons. The largest absolute Gasteiger partial charge is 0.486 e. The second-order valence-electron chi connectivity index (χ2n) is 7.45. The van der Waals surface area contributed by atoms with E-state index in [0.717, 1.165) is 17.5 Å². The highest BCUT2D eigenvalue weighted by Gasteiger charge is 2.21. The molecule has 4 aromatic rings. The first-order chi connectivity index (χ1) is 15.2. The van der Waals surface area contributed by atoms with Crippen molar-refractivity contribution in [2.75, 3.05) is 13.2 Å². The van der Waals surface area contributed by atoms with Crippen LogP contribution in [-0.4, -0.2) is 32.3 Å². The lowest BCUT2D eigenvalue weighted by Crippen LogP contribution is -2.31. The van der Waals surface area contributed by atoms with Gasteiger partial charge in [0, 0.05) is 12.1 Å². The van der Waals surface area contributed by atoms with Crippen LogP contribution in [0.2, 0.25) is 0 Å². The molecule has 31 heavy (non-hydrogen) atoms. The van der Waals surface area contributed by atoms with Gasteiger partial charge in [0.05, 0.1) is 6.54 Å². The van der Waals surface area contributed by atoms with Crippen molar-refractivity contribution in [2.24, 2.45) is 0 Å². The van der Waals surface area contributed by atoms with Crippen LogP contribution < -0.4 is 20.7 Å². The molecule has 2 aromatic carbocycles. The summed E-state index contributed by atoms with van der Waals surface area (Å²) in [7, 11) is 0. The van der Waals surface area contributed by atoms with E-state index in [0.29, 0.717) is 54.8 Å². The highest BCUT2D eigenvalue weighted by atomic mass is 16.6. The SMILES string of the molecule is CCCn1c(-c2ccc3c(c2)OCCO3)nc2c1c(=O)[nH]c(=O)n2Cc1ccccc1. The van der Waals surface area contributed by atoms with Gasteiger partial charge in [-0.1, -0.05) is 37.3 Å². The number of nitrogens with one attached hydrogen (secondary N) is 1. The van der Waals surface area contributed by atoms with Crippen LogP contribution in [0.1, 0.15) is 18.9 Å². The van der Waals surface area contributed by atoms with Gasteiger partial charge in [-0.2, -0.15) is 0 Å². The Balaban J connectivity index is 1.73. The van der Waals surface area contributed by atoms with Crippen molar-refractivity contribution in [1.82, 2.24) is 19.1 Å². The molecule has 1 aliphatic rings. The monoisotopic (exact) mass is 418 g/mol. The number of benzene rings is 2. The molecule has 8 nitrogen and oxygen atoms in total. The fourth-order valence-electron chi connectivity index (χ4n) is 3.93. The van der Waals surface area contributed by atoms with Crippen LogP contribution in [0.15, 0.2) is 58.1 Å². The highest BCUT2D eigenvalue weighted by molar-refractivity contribution is 5.77. The van der Waals surface area contributed by atoms with E-state index in [9.17, 15) is 9.59 Å². The van der Waals surface area contributed by atoms with Gasteiger partial charge >= 0.3 is 5.69 Å². The molecular weight excluding hydrogens is 396 g/mol. The van der Waals surface area contributed by atoms with E-state index in [2.05, 4.69) is 4.98 Å². The minimum Gasteiger partial charge on any atom is -0.486 e. The summed E-state index contributed by atoms with van der Waals surface area (Å²) in [5, 5.41) is 0. The maximum Gasteiger partial charge on any atom is 0.330 e. The van der Waals surface area contributed by atoms with Crippen LogP contribution in [0, 0.1) is 0 Å². The van der Waals surface area contributed by atoms with Gasteiger partial charge in [-0.25, -0.2) is 9.78 Å². The summed E-state index contributed by atoms with van der Waals surface area (Å²) in [6.45, 7) is 3.94. The normalized spacial score (nSPS) is 12.9. The van der Waals surface area contributed by atoms with E-state index < -0.39 is 11.2 Å². The highest BCUT2D eigenvalue weighted by Crippen LogP contribution is 2.35. The van der Waals surface area contributed by atoms with Gasteiger partial charge in [-0.3, -0.25) is 14.3 Å². The molecule has 0 atom stereocenters. The Morgan fingerprint density at radius 3 is 2.55 bits per heavy atom. The Morgan fingerprint density at radius 2 is 1.77 bits per heavy atom. The Labute approximate surface area is 177 Å². The predicted molar refractivity (Wildman–Crippen MR) is 117 cm³/mol. The standard InChI is InChI=1S/C23H22N4O4/c1-2-10-26-19-21(24-20(26)16-8-9-17-18(13-16)31-12-11-30-17)27(23(29)25-22(19)28)14-15-6-4-3-5-7-15/h3-9,13H,2,10-12,14H2,1H3,(H,25,28,29). The van der Waals surface area contributed by atoms with E-state index in [1.807, 2.05) is 60.0 Å². The molecule has 0 bridgehead atoms. The second kappa shape index (κ2) is 7.79. The Bertz CT molecular complexity index is 1370. The molecule has 0 aliphatic carbocycles. The molecule has 0 unspecified atom stereocenters. The summed E-state index contributed by atoms with van der Waals surface area (Å²) in [6.07, 6.45) is 0.806. The van der Waals surface area contributed by atoms with Crippen molar-refractivity contribution in [3.05, 3.63) is 74.9 Å². The molecular formula is C23H22N4O4. The zero-order chi connectivity index (χ0) is 21.4. The summed E-state index contributed by atoms with van der Waals surface area (Å²) in [5.74, 6) is 1.95. The van der Waals surface area contributed by atoms with Crippen LogP contribution in [0.5, 0.6) is 11.5 Å². The van der Waals surface area contributed by atoms with Gasteiger partial charge in [0.1, 0.15) is 19.0 Å². The van der Waals surface area contributed by atoms with Gasteiger partial charge in [-0.05, 0) is 30.2 Å². The van der Waals surface area contributed by atoms with Crippen molar-refractivity contribution in [1.29, 1.82) is 0 Å². The Morgan fingerprint density at radius 1 is 1.00 bits per heavy atom. The smallest absolute Gasteiger partial charge is 0.330 e. The molecule has 0 amide bonds. The number of ether oxygens (including phenoxy) is 2. The van der Waals surface area contributed by atoms with E-state index in [1.54, 1.807) is 0 Å². The molecule has 0 spiro atoms. The molecule has 0 fully saturated rings. The number of nitrogens with zero attached hydrogens (tertiary/aromatic N) is 3. The molecule has 3 heterocycles. The molecule has 5 rings (SSSR count). The van der Waals surface area contributed by atoms with E-state index >= 15 is 0 Å². The molecule has 2 aromatic heterocycles. The van der Waals surface area contributed by atoms with E-state index in [-0.39, 0.29) is 0 Å². The fourth-order valence-corrected chi connectivity index (χ4v) is 3.93. The lowest BCUT2D eigenvalue weighted by Gasteiger charge is -2.19. The van der Waals surface area contributed by atoms with Crippen LogP contribution in [0.4, 0.5) is 0 Å². The van der Waals surface area contributed by atoms with Crippen molar-refractivity contribution < 1.29 is 9.47 Å². The third-order valence-corrected chi connectivity index (χ3v) is 5.32. The number of aromatic amines is 1. The number of fused-ring (bicyclic) bond motifs is 2. The van der Waals surface area contributed by atoms with Gasteiger partial charge < -0.3 is 14.0 Å². The second-order valence-corrected chi connectivity index (χ2v) is 7.45. The zero-order valence-corrected chi connectivity index (χ0v) is 17.1. The maximum absolute atomic E-state index is 12.8. The average Bonchev–Trinajstić information content (AvgIpc) is 3.17. The molecule has 0 saturated heterocycles. The van der Waals surface area contributed by atoms with Crippen LogP contribution in [0.3, 0.4) is 0 Å². The van der Waals surface area contributed by atoms with Crippen molar-refractivity contribution >= 4 is 11.2 Å². The topological polar surface area (TPSA) is 91.1 Å². The van der Waals surface area contributed by atoms with Gasteiger partial charge in [0.15, 0.2) is 22.7 Å². The quantitative estimate of drug-likeness (QED) is 0.538. The van der Waals surface area contributed by atoms with Gasteiger partial charge in [0.25, 0.3) is 5.56 Å². The Kier molecular flexibility index (Phi) is 4.82. The van der Waals surface area contributed by atoms with E-state index in [1.165, 1.54) is 4.57 Å². The zero-order valence-electron chi connectivity index (χ0n) is 17.1. The maximum atomic E-state index is 12.8. The third-order valence-electron chi connectivity index (χ3n) is 5.32. The van der Waals surface area contributed by atoms with Crippen molar-refractivity contribution in [3.8, 4) is 22.9 Å². The molecule has 1 N–H and O–H groups in total. The first kappa shape index (κ1) is 19.2. The minimum atomic E-state index is -0.476. The summed E-state index contributed by atoms with van der Waals surface area (Å²) >= 11 is 0. The number of hydrogen-bond acceptors (Lipinski definition) is 5. The predicted octanol–water partition coefficient (Wildman–Crippen LogP) is 2.78. The Hall–Kier alpha value is -3.81. The summed E-state index contributed by atoms with van der Waals surface area (Å²) in [5.41, 5.74) is 1.60.